The molecule has 0 radical (unpaired) electrons. The first-order valence-corrected chi connectivity index (χ1v) is 8.42. The van der Waals surface area contributed by atoms with Gasteiger partial charge in [0.15, 0.2) is 0 Å². The molecule has 3 rings (SSSR count). The molecule has 1 aromatic carbocycles. The monoisotopic (exact) mass is 330 g/mol. The van der Waals surface area contributed by atoms with E-state index in [-0.39, 0.29) is 6.71 Å². The Hall–Kier alpha value is -1.91. The summed E-state index contributed by atoms with van der Waals surface area (Å²) in [6.45, 7) is 6.32. The van der Waals surface area contributed by atoms with E-state index in [1.807, 2.05) is 4.90 Å². The van der Waals surface area contributed by atoms with Crippen molar-refractivity contribution in [2.45, 2.75) is 12.6 Å². The van der Waals surface area contributed by atoms with E-state index in [1.165, 1.54) is 25.2 Å². The van der Waals surface area contributed by atoms with Gasteiger partial charge in [-0.15, -0.1) is 0 Å². The van der Waals surface area contributed by atoms with Gasteiger partial charge in [0.25, 0.3) is 6.71 Å². The van der Waals surface area contributed by atoms with Crippen LogP contribution in [0, 0.1) is 17.0 Å². The van der Waals surface area contributed by atoms with Crippen molar-refractivity contribution in [3.8, 4) is 5.97 Å². The van der Waals surface area contributed by atoms with Crippen LogP contribution in [0.5, 0.6) is 0 Å². The molecule has 0 aromatic heterocycles. The summed E-state index contributed by atoms with van der Waals surface area (Å²) in [5.74, 6) is 1.86. The highest BCUT2D eigenvalue weighted by Crippen LogP contribution is 2.22. The fourth-order valence-corrected chi connectivity index (χ4v) is 2.89. The topological polar surface area (TPSA) is 59.4 Å². The molecule has 1 aromatic rings. The molecule has 2 aliphatic rings. The lowest BCUT2D eigenvalue weighted by atomic mass is 9.45. The second-order valence-electron chi connectivity index (χ2n) is 6.30. The summed E-state index contributed by atoms with van der Waals surface area (Å²) >= 11 is 0. The Morgan fingerprint density at radius 1 is 1.21 bits per heavy atom. The molecule has 7 heteroatoms. The molecule has 0 aliphatic carbocycles. The zero-order valence-electron chi connectivity index (χ0n) is 14.2. The van der Waals surface area contributed by atoms with E-state index in [4.69, 9.17) is 5.26 Å². The van der Waals surface area contributed by atoms with E-state index < -0.39 is 5.82 Å². The maximum atomic E-state index is 13.3. The number of hydrogen-bond acceptors (Lipinski definition) is 5. The van der Waals surface area contributed by atoms with E-state index in [1.54, 1.807) is 6.07 Å². The molecule has 0 atom stereocenters. The highest BCUT2D eigenvalue weighted by molar-refractivity contribution is 6.67. The number of aldehydes is 1. The van der Waals surface area contributed by atoms with Crippen molar-refractivity contribution >= 4 is 18.7 Å². The SMILES string of the molecule is CN1CCNCC1.N#CB1CCN(c2cc(F)cc(C=O)c2)CC1. The molecule has 1 N–H and O–H groups in total. The van der Waals surface area contributed by atoms with E-state index >= 15 is 0 Å². The Morgan fingerprint density at radius 3 is 2.38 bits per heavy atom. The average molecular weight is 330 g/mol. The van der Waals surface area contributed by atoms with Crippen molar-refractivity contribution in [2.75, 3.05) is 51.2 Å². The van der Waals surface area contributed by atoms with Gasteiger partial charge < -0.3 is 15.1 Å². The maximum absolute atomic E-state index is 13.3. The van der Waals surface area contributed by atoms with Gasteiger partial charge in [0, 0.05) is 56.5 Å². The third kappa shape index (κ3) is 5.62. The molecule has 0 spiro atoms. The van der Waals surface area contributed by atoms with Crippen LogP contribution in [-0.2, 0) is 0 Å². The van der Waals surface area contributed by atoms with Crippen molar-refractivity contribution in [1.29, 1.82) is 5.26 Å². The van der Waals surface area contributed by atoms with Crippen LogP contribution in [0.15, 0.2) is 18.2 Å². The van der Waals surface area contributed by atoms with Crippen LogP contribution < -0.4 is 10.2 Å². The number of benzene rings is 1. The Bertz CT molecular complexity index is 578. The largest absolute Gasteiger partial charge is 0.373 e. The van der Waals surface area contributed by atoms with Gasteiger partial charge in [0.05, 0.1) is 0 Å². The van der Waals surface area contributed by atoms with E-state index in [0.717, 1.165) is 44.5 Å². The third-order valence-corrected chi connectivity index (χ3v) is 4.42. The lowest BCUT2D eigenvalue weighted by molar-refractivity contribution is 0.112. The van der Waals surface area contributed by atoms with Gasteiger partial charge in [-0.25, -0.2) is 9.65 Å². The van der Waals surface area contributed by atoms with Crippen LogP contribution >= 0.6 is 0 Å². The number of nitriles is 1. The number of nitrogens with zero attached hydrogens (tertiary/aromatic N) is 3. The molecular formula is C17H24BFN4O. The highest BCUT2D eigenvalue weighted by Gasteiger charge is 2.22. The van der Waals surface area contributed by atoms with E-state index in [2.05, 4.69) is 23.2 Å². The Balaban J connectivity index is 0.000000249. The summed E-state index contributed by atoms with van der Waals surface area (Å²) in [5, 5.41) is 12.1. The maximum Gasteiger partial charge on any atom is 0.271 e. The first-order valence-electron chi connectivity index (χ1n) is 8.42. The molecule has 0 unspecified atom stereocenters. The number of rotatable bonds is 2. The van der Waals surface area contributed by atoms with E-state index in [0.29, 0.717) is 11.8 Å². The lowest BCUT2D eigenvalue weighted by Gasteiger charge is -2.30. The minimum Gasteiger partial charge on any atom is -0.373 e. The Kier molecular flexibility index (Phi) is 7.22. The fraction of sp³-hybridized carbons (Fsp3) is 0.529. The number of hydrogen-bond donors (Lipinski definition) is 1. The third-order valence-electron chi connectivity index (χ3n) is 4.42. The quantitative estimate of drug-likeness (QED) is 0.658. The molecule has 128 valence electrons. The number of likely N-dealkylation sites (N-methyl/N-ethyl adjacent to an activating group) is 1. The predicted molar refractivity (Wildman–Crippen MR) is 95.3 cm³/mol. The van der Waals surface area contributed by atoms with Crippen LogP contribution in [0.2, 0.25) is 12.6 Å². The van der Waals surface area contributed by atoms with Crippen LogP contribution in [0.3, 0.4) is 0 Å². The van der Waals surface area contributed by atoms with Crippen LogP contribution in [0.25, 0.3) is 0 Å². The van der Waals surface area contributed by atoms with Crippen LogP contribution in [-0.4, -0.2) is 64.2 Å². The standard InChI is InChI=1S/C12H12BFN2O.C5H12N2/c14-11-5-10(8-17)6-12(7-11)16-3-1-13(9-15)2-4-16;1-7-4-2-6-3-5-7/h5-8H,1-4H2;6H,2-5H2,1H3. The zero-order valence-corrected chi connectivity index (χ0v) is 14.2. The first-order chi connectivity index (χ1) is 11.6. The number of carbonyl (C=O) groups is 1. The summed E-state index contributed by atoms with van der Waals surface area (Å²) in [6, 6.07) is 4.33. The average Bonchev–Trinajstić information content (AvgIpc) is 2.62. The summed E-state index contributed by atoms with van der Waals surface area (Å²) in [5.41, 5.74) is 1.07. The number of piperazine rings is 1. The number of anilines is 1. The minimum atomic E-state index is -0.396. The molecule has 2 heterocycles. The fourth-order valence-electron chi connectivity index (χ4n) is 2.89. The first kappa shape index (κ1) is 18.4. The van der Waals surface area contributed by atoms with Crippen molar-refractivity contribution in [2.24, 2.45) is 0 Å². The van der Waals surface area contributed by atoms with Gasteiger partial charge in [-0.05, 0) is 37.9 Å². The molecule has 0 amide bonds. The van der Waals surface area contributed by atoms with Gasteiger partial charge in [0.1, 0.15) is 12.1 Å². The lowest BCUT2D eigenvalue weighted by Crippen LogP contribution is -2.40. The zero-order chi connectivity index (χ0) is 17.4. The van der Waals surface area contributed by atoms with Gasteiger partial charge in [-0.3, -0.25) is 4.79 Å². The molecule has 24 heavy (non-hydrogen) atoms. The summed E-state index contributed by atoms with van der Waals surface area (Å²) < 4.78 is 13.3. The van der Waals surface area contributed by atoms with Crippen molar-refractivity contribution in [3.05, 3.63) is 29.6 Å². The van der Waals surface area contributed by atoms with Gasteiger partial charge in [-0.1, -0.05) is 0 Å². The molecule has 5 nitrogen and oxygen atoms in total. The van der Waals surface area contributed by atoms with Gasteiger partial charge in [-0.2, -0.15) is 0 Å². The Morgan fingerprint density at radius 2 is 1.88 bits per heavy atom. The highest BCUT2D eigenvalue weighted by atomic mass is 19.1. The van der Waals surface area contributed by atoms with E-state index in [9.17, 15) is 9.18 Å². The number of nitrogens with one attached hydrogen (secondary N) is 1. The molecule has 2 saturated heterocycles. The molecule has 0 saturated carbocycles. The summed E-state index contributed by atoms with van der Waals surface area (Å²) in [7, 11) is 2.15. The predicted octanol–water partition coefficient (Wildman–Crippen LogP) is 1.54. The minimum absolute atomic E-state index is 0.102. The van der Waals surface area contributed by atoms with Crippen molar-refractivity contribution in [1.82, 2.24) is 10.2 Å². The molecular weight excluding hydrogens is 306 g/mol. The second-order valence-corrected chi connectivity index (χ2v) is 6.30. The summed E-state index contributed by atoms with van der Waals surface area (Å²) in [4.78, 5) is 15.0. The van der Waals surface area contributed by atoms with Crippen molar-refractivity contribution < 1.29 is 9.18 Å². The van der Waals surface area contributed by atoms with Crippen LogP contribution in [0.1, 0.15) is 10.4 Å². The van der Waals surface area contributed by atoms with Crippen LogP contribution in [0.4, 0.5) is 10.1 Å². The van der Waals surface area contributed by atoms with Gasteiger partial charge >= 0.3 is 0 Å². The number of carbonyl (C=O) groups excluding carboxylic acids is 1. The summed E-state index contributed by atoms with van der Waals surface area (Å²) in [6.07, 6.45) is 2.24. The normalized spacial score (nSPS) is 18.4. The molecule has 2 fully saturated rings. The van der Waals surface area contributed by atoms with Gasteiger partial charge in [0.2, 0.25) is 0 Å². The van der Waals surface area contributed by atoms with Crippen molar-refractivity contribution in [3.63, 3.8) is 0 Å². The Labute approximate surface area is 143 Å². The number of halogens is 1. The molecule has 0 bridgehead atoms. The second kappa shape index (κ2) is 9.41. The molecule has 2 aliphatic heterocycles. The smallest absolute Gasteiger partial charge is 0.271 e.